The minimum Gasteiger partial charge on any atom is -0.366 e. The summed E-state index contributed by atoms with van der Waals surface area (Å²) < 4.78 is 1.07. The van der Waals surface area contributed by atoms with E-state index < -0.39 is 0 Å². The van der Waals surface area contributed by atoms with Crippen LogP contribution in [0.1, 0.15) is 24.7 Å². The summed E-state index contributed by atoms with van der Waals surface area (Å²) in [6.45, 7) is 2.81. The molecular formula is C14H18BrN5. The maximum Gasteiger partial charge on any atom is 0.145 e. The van der Waals surface area contributed by atoms with Crippen molar-refractivity contribution >= 4 is 27.6 Å². The summed E-state index contributed by atoms with van der Waals surface area (Å²) in [5.41, 5.74) is 3.76. The lowest BCUT2D eigenvalue weighted by atomic mass is 10.2. The summed E-state index contributed by atoms with van der Waals surface area (Å²) in [7, 11) is 0. The van der Waals surface area contributed by atoms with Crippen LogP contribution in [-0.2, 0) is 13.0 Å². The smallest absolute Gasteiger partial charge is 0.145 e. The van der Waals surface area contributed by atoms with Crippen LogP contribution in [0.15, 0.2) is 34.8 Å². The van der Waals surface area contributed by atoms with E-state index in [9.17, 15) is 0 Å². The number of hydrogen-bond acceptors (Lipinski definition) is 5. The summed E-state index contributed by atoms with van der Waals surface area (Å²) in [6, 6.07) is 9.97. The van der Waals surface area contributed by atoms with Gasteiger partial charge in [0.2, 0.25) is 0 Å². The predicted octanol–water partition coefficient (Wildman–Crippen LogP) is 3.09. The molecule has 0 aliphatic rings. The molecular weight excluding hydrogens is 318 g/mol. The van der Waals surface area contributed by atoms with Gasteiger partial charge in [0.05, 0.1) is 0 Å². The lowest BCUT2D eigenvalue weighted by Crippen LogP contribution is -2.12. The van der Waals surface area contributed by atoms with Gasteiger partial charge >= 0.3 is 0 Å². The van der Waals surface area contributed by atoms with E-state index in [1.807, 2.05) is 12.1 Å². The largest absolute Gasteiger partial charge is 0.366 e. The van der Waals surface area contributed by atoms with Crippen LogP contribution in [0.2, 0.25) is 0 Å². The minimum absolute atomic E-state index is 0.627. The summed E-state index contributed by atoms with van der Waals surface area (Å²) in [6.07, 6.45) is 1.84. The van der Waals surface area contributed by atoms with Gasteiger partial charge in [-0.1, -0.05) is 35.0 Å². The quantitative estimate of drug-likeness (QED) is 0.558. The third-order valence-electron chi connectivity index (χ3n) is 2.78. The van der Waals surface area contributed by atoms with Crippen LogP contribution in [0, 0.1) is 0 Å². The van der Waals surface area contributed by atoms with Crippen molar-refractivity contribution in [2.45, 2.75) is 26.3 Å². The zero-order chi connectivity index (χ0) is 14.4. The van der Waals surface area contributed by atoms with E-state index in [-0.39, 0.29) is 0 Å². The van der Waals surface area contributed by atoms with Crippen LogP contribution in [0.4, 0.5) is 11.6 Å². The van der Waals surface area contributed by atoms with Crippen molar-refractivity contribution < 1.29 is 0 Å². The molecule has 106 valence electrons. The maximum absolute atomic E-state index is 5.43. The van der Waals surface area contributed by atoms with E-state index in [2.05, 4.69) is 55.7 Å². The Morgan fingerprint density at radius 3 is 2.50 bits per heavy atom. The Morgan fingerprint density at radius 1 is 1.15 bits per heavy atom. The van der Waals surface area contributed by atoms with Gasteiger partial charge in [0.1, 0.15) is 17.5 Å². The van der Waals surface area contributed by atoms with Gasteiger partial charge in [0, 0.05) is 23.5 Å². The molecule has 0 amide bonds. The van der Waals surface area contributed by atoms with E-state index >= 15 is 0 Å². The molecule has 0 aliphatic carbocycles. The molecule has 4 N–H and O–H groups in total. The number of hydrogen-bond donors (Lipinski definition) is 3. The lowest BCUT2D eigenvalue weighted by molar-refractivity contribution is 0.834. The number of anilines is 2. The Hall–Kier alpha value is -1.66. The molecule has 0 spiro atoms. The van der Waals surface area contributed by atoms with Gasteiger partial charge in [-0.3, -0.25) is 0 Å². The summed E-state index contributed by atoms with van der Waals surface area (Å²) in [5.74, 6) is 7.63. The molecule has 2 aromatic rings. The number of halogens is 1. The molecule has 0 atom stereocenters. The Bertz CT molecular complexity index is 556. The Labute approximate surface area is 127 Å². The number of nitrogens with zero attached hydrogens (tertiary/aromatic N) is 2. The van der Waals surface area contributed by atoms with E-state index in [1.165, 1.54) is 5.56 Å². The van der Waals surface area contributed by atoms with Gasteiger partial charge in [0.15, 0.2) is 0 Å². The molecule has 0 bridgehead atoms. The first-order valence-electron chi connectivity index (χ1n) is 6.54. The fraction of sp³-hybridized carbons (Fsp3) is 0.286. The van der Waals surface area contributed by atoms with Gasteiger partial charge < -0.3 is 10.7 Å². The Kier molecular flexibility index (Phi) is 5.31. The molecule has 0 unspecified atom stereocenters. The van der Waals surface area contributed by atoms with Crippen LogP contribution in [0.25, 0.3) is 0 Å². The fourth-order valence-electron chi connectivity index (χ4n) is 1.79. The van der Waals surface area contributed by atoms with Crippen LogP contribution in [0.3, 0.4) is 0 Å². The average Bonchev–Trinajstić information content (AvgIpc) is 2.47. The normalized spacial score (nSPS) is 10.3. The summed E-state index contributed by atoms with van der Waals surface area (Å²) >= 11 is 3.42. The molecule has 1 aromatic heterocycles. The molecule has 5 nitrogen and oxygen atoms in total. The highest BCUT2D eigenvalue weighted by Crippen LogP contribution is 2.14. The number of nitrogens with one attached hydrogen (secondary N) is 2. The third kappa shape index (κ3) is 4.18. The van der Waals surface area contributed by atoms with Crippen molar-refractivity contribution in [1.29, 1.82) is 0 Å². The van der Waals surface area contributed by atoms with Crippen LogP contribution >= 0.6 is 15.9 Å². The first-order chi connectivity index (χ1) is 9.71. The van der Waals surface area contributed by atoms with E-state index in [0.717, 1.165) is 29.0 Å². The number of aryl methyl sites for hydroxylation is 1. The molecule has 1 heterocycles. The van der Waals surface area contributed by atoms with Crippen molar-refractivity contribution in [2.24, 2.45) is 5.84 Å². The molecule has 0 aliphatic heterocycles. The molecule has 20 heavy (non-hydrogen) atoms. The number of rotatable bonds is 6. The Morgan fingerprint density at radius 2 is 1.85 bits per heavy atom. The zero-order valence-electron chi connectivity index (χ0n) is 11.4. The second-order valence-corrected chi connectivity index (χ2v) is 5.34. The van der Waals surface area contributed by atoms with Crippen molar-refractivity contribution in [3.63, 3.8) is 0 Å². The van der Waals surface area contributed by atoms with Gasteiger partial charge in [-0.15, -0.1) is 0 Å². The van der Waals surface area contributed by atoms with Gasteiger partial charge in [0.25, 0.3) is 0 Å². The van der Waals surface area contributed by atoms with Crippen LogP contribution in [0.5, 0.6) is 0 Å². The molecule has 0 radical (unpaired) electrons. The number of nitrogen functional groups attached to an aromatic ring is 1. The standard InChI is InChI=1S/C14H18BrN5/c1-2-3-12-18-13(8-14(19-12)20-16)17-9-10-4-6-11(15)7-5-10/h4-8H,2-3,9,16H2,1H3,(H2,17,18,19,20). The number of hydrazine groups is 1. The molecule has 6 heteroatoms. The van der Waals surface area contributed by atoms with Gasteiger partial charge in [-0.25, -0.2) is 15.8 Å². The minimum atomic E-state index is 0.627. The number of aromatic nitrogens is 2. The fourth-order valence-corrected chi connectivity index (χ4v) is 2.06. The Balaban J connectivity index is 2.07. The highest BCUT2D eigenvalue weighted by atomic mass is 79.9. The monoisotopic (exact) mass is 335 g/mol. The maximum atomic E-state index is 5.43. The second kappa shape index (κ2) is 7.21. The first kappa shape index (κ1) is 14.7. The number of nitrogens with two attached hydrogens (primary N) is 1. The topological polar surface area (TPSA) is 75.9 Å². The van der Waals surface area contributed by atoms with Gasteiger partial charge in [-0.05, 0) is 24.1 Å². The molecule has 0 saturated heterocycles. The molecule has 0 saturated carbocycles. The second-order valence-electron chi connectivity index (χ2n) is 4.43. The SMILES string of the molecule is CCCc1nc(NN)cc(NCc2ccc(Br)cc2)n1. The highest BCUT2D eigenvalue weighted by Gasteiger charge is 2.03. The lowest BCUT2D eigenvalue weighted by Gasteiger charge is -2.09. The molecule has 1 aromatic carbocycles. The molecule has 0 fully saturated rings. The average molecular weight is 336 g/mol. The van der Waals surface area contributed by atoms with Crippen molar-refractivity contribution in [3.05, 3.63) is 46.2 Å². The van der Waals surface area contributed by atoms with E-state index in [4.69, 9.17) is 5.84 Å². The van der Waals surface area contributed by atoms with Crippen molar-refractivity contribution in [1.82, 2.24) is 9.97 Å². The van der Waals surface area contributed by atoms with Gasteiger partial charge in [-0.2, -0.15) is 0 Å². The zero-order valence-corrected chi connectivity index (χ0v) is 12.9. The predicted molar refractivity (Wildman–Crippen MR) is 85.3 cm³/mol. The molecule has 2 rings (SSSR count). The van der Waals surface area contributed by atoms with E-state index in [1.54, 1.807) is 6.07 Å². The summed E-state index contributed by atoms with van der Waals surface area (Å²) in [4.78, 5) is 8.79. The van der Waals surface area contributed by atoms with Crippen LogP contribution < -0.4 is 16.6 Å². The summed E-state index contributed by atoms with van der Waals surface area (Å²) in [5, 5.41) is 3.29. The number of benzene rings is 1. The highest BCUT2D eigenvalue weighted by molar-refractivity contribution is 9.10. The van der Waals surface area contributed by atoms with Crippen molar-refractivity contribution in [3.8, 4) is 0 Å². The van der Waals surface area contributed by atoms with E-state index in [0.29, 0.717) is 12.4 Å². The van der Waals surface area contributed by atoms with Crippen molar-refractivity contribution in [2.75, 3.05) is 10.7 Å². The third-order valence-corrected chi connectivity index (χ3v) is 3.31. The van der Waals surface area contributed by atoms with Crippen LogP contribution in [-0.4, -0.2) is 9.97 Å². The first-order valence-corrected chi connectivity index (χ1v) is 7.33.